The van der Waals surface area contributed by atoms with Gasteiger partial charge in [-0.05, 0) is 35.4 Å². The van der Waals surface area contributed by atoms with Crippen LogP contribution in [0, 0.1) is 10.1 Å². The van der Waals surface area contributed by atoms with Crippen LogP contribution in [0.1, 0.15) is 5.56 Å². The number of nitrogens with zero attached hydrogens (tertiary/aromatic N) is 2. The third-order valence-corrected chi connectivity index (χ3v) is 5.61. The molecule has 0 radical (unpaired) electrons. The van der Waals surface area contributed by atoms with E-state index in [-0.39, 0.29) is 35.1 Å². The van der Waals surface area contributed by atoms with Crippen molar-refractivity contribution in [2.75, 3.05) is 13.2 Å². The zero-order chi connectivity index (χ0) is 22.0. The van der Waals surface area contributed by atoms with Gasteiger partial charge in [0.15, 0.2) is 0 Å². The number of phenolic OH excluding ortho intramolecular Hbond substituents is 1. The van der Waals surface area contributed by atoms with E-state index < -0.39 is 16.1 Å². The summed E-state index contributed by atoms with van der Waals surface area (Å²) in [6, 6.07) is 16.9. The van der Waals surface area contributed by atoms with Gasteiger partial charge in [0.05, 0.1) is 16.4 Å². The molecule has 0 spiro atoms. The van der Waals surface area contributed by atoms with Crippen LogP contribution in [0.15, 0.2) is 65.6 Å². The zero-order valence-electron chi connectivity index (χ0n) is 16.1. The maximum atomic E-state index is 12.7. The molecule has 1 N–H and O–H groups in total. The second kappa shape index (κ2) is 8.49. The molecule has 2 amide bonds. The van der Waals surface area contributed by atoms with Gasteiger partial charge >= 0.3 is 0 Å². The number of fused-ring (bicyclic) bond motifs is 1. The highest BCUT2D eigenvalue weighted by Crippen LogP contribution is 2.34. The highest BCUT2D eigenvalue weighted by Gasteiger charge is 2.35. The Morgan fingerprint density at radius 1 is 1.10 bits per heavy atom. The Morgan fingerprint density at radius 2 is 1.87 bits per heavy atom. The Labute approximate surface area is 180 Å². The van der Waals surface area contributed by atoms with E-state index in [9.17, 15) is 24.8 Å². The quantitative estimate of drug-likeness (QED) is 0.342. The number of imide groups is 1. The van der Waals surface area contributed by atoms with Gasteiger partial charge in [-0.3, -0.25) is 24.6 Å². The molecular formula is C22H16N2O6S. The molecule has 1 fully saturated rings. The van der Waals surface area contributed by atoms with Gasteiger partial charge in [0.25, 0.3) is 16.8 Å². The molecule has 1 saturated heterocycles. The topological polar surface area (TPSA) is 110 Å². The number of aromatic hydroxyl groups is 1. The monoisotopic (exact) mass is 436 g/mol. The summed E-state index contributed by atoms with van der Waals surface area (Å²) < 4.78 is 5.80. The van der Waals surface area contributed by atoms with E-state index in [4.69, 9.17) is 4.74 Å². The van der Waals surface area contributed by atoms with Crippen molar-refractivity contribution >= 4 is 45.4 Å². The van der Waals surface area contributed by atoms with Crippen LogP contribution in [-0.2, 0) is 4.79 Å². The molecule has 8 nitrogen and oxygen atoms in total. The first-order valence-electron chi connectivity index (χ1n) is 9.27. The summed E-state index contributed by atoms with van der Waals surface area (Å²) in [5.74, 6) is -0.110. The molecule has 156 valence electrons. The minimum absolute atomic E-state index is 0.0478. The van der Waals surface area contributed by atoms with Crippen molar-refractivity contribution in [3.05, 3.63) is 81.2 Å². The number of hydrogen-bond acceptors (Lipinski definition) is 7. The summed E-state index contributed by atoms with van der Waals surface area (Å²) >= 11 is 0.710. The highest BCUT2D eigenvalue weighted by molar-refractivity contribution is 8.18. The minimum Gasteiger partial charge on any atom is -0.507 e. The number of carbonyl (C=O) groups is 2. The Hall–Kier alpha value is -3.85. The van der Waals surface area contributed by atoms with Gasteiger partial charge in [0, 0.05) is 23.1 Å². The second-order valence-electron chi connectivity index (χ2n) is 6.66. The zero-order valence-corrected chi connectivity index (χ0v) is 16.9. The van der Waals surface area contributed by atoms with Gasteiger partial charge in [-0.15, -0.1) is 0 Å². The molecule has 31 heavy (non-hydrogen) atoms. The van der Waals surface area contributed by atoms with Crippen molar-refractivity contribution in [2.45, 2.75) is 0 Å². The normalized spacial score (nSPS) is 15.1. The first-order valence-corrected chi connectivity index (χ1v) is 10.1. The second-order valence-corrected chi connectivity index (χ2v) is 7.65. The Bertz CT molecular complexity index is 1230. The number of rotatable bonds is 6. The minimum atomic E-state index is -0.604. The van der Waals surface area contributed by atoms with Crippen LogP contribution in [0.5, 0.6) is 11.5 Å². The van der Waals surface area contributed by atoms with E-state index in [0.29, 0.717) is 17.5 Å². The first kappa shape index (κ1) is 20.4. The van der Waals surface area contributed by atoms with E-state index in [2.05, 4.69) is 0 Å². The van der Waals surface area contributed by atoms with Crippen LogP contribution < -0.4 is 4.74 Å². The molecule has 0 atom stereocenters. The molecule has 3 aromatic rings. The van der Waals surface area contributed by atoms with E-state index in [0.717, 1.165) is 27.8 Å². The van der Waals surface area contributed by atoms with Crippen LogP contribution in [-0.4, -0.2) is 39.2 Å². The number of phenols is 1. The Balaban J connectivity index is 1.47. The van der Waals surface area contributed by atoms with Crippen LogP contribution in [0.2, 0.25) is 0 Å². The van der Waals surface area contributed by atoms with Crippen LogP contribution in [0.4, 0.5) is 10.5 Å². The molecule has 1 heterocycles. The number of ether oxygens (including phenoxy) is 1. The van der Waals surface area contributed by atoms with E-state index >= 15 is 0 Å². The molecular weight excluding hydrogens is 420 g/mol. The van der Waals surface area contributed by atoms with E-state index in [1.165, 1.54) is 12.1 Å². The summed E-state index contributed by atoms with van der Waals surface area (Å²) in [5, 5.41) is 22.4. The molecule has 4 rings (SSSR count). The summed E-state index contributed by atoms with van der Waals surface area (Å²) in [6.07, 6.45) is 1.28. The molecule has 0 bridgehead atoms. The van der Waals surface area contributed by atoms with E-state index in [1.807, 2.05) is 42.5 Å². The summed E-state index contributed by atoms with van der Waals surface area (Å²) in [4.78, 5) is 36.4. The summed E-state index contributed by atoms with van der Waals surface area (Å²) in [7, 11) is 0. The lowest BCUT2D eigenvalue weighted by molar-refractivity contribution is -0.384. The number of hydrogen-bond donors (Lipinski definition) is 1. The Morgan fingerprint density at radius 3 is 2.68 bits per heavy atom. The predicted molar refractivity (Wildman–Crippen MR) is 117 cm³/mol. The average molecular weight is 436 g/mol. The van der Waals surface area contributed by atoms with Gasteiger partial charge in [-0.25, -0.2) is 0 Å². The summed E-state index contributed by atoms with van der Waals surface area (Å²) in [5.41, 5.74) is -0.140. The van der Waals surface area contributed by atoms with Crippen molar-refractivity contribution in [2.24, 2.45) is 0 Å². The highest BCUT2D eigenvalue weighted by atomic mass is 32.2. The summed E-state index contributed by atoms with van der Waals surface area (Å²) in [6.45, 7) is 0.160. The molecule has 0 aliphatic carbocycles. The SMILES string of the molecule is O=C1S/C(=C\c2cc([N+](=O)[O-])ccc2O)C(=O)N1CCOc1cccc2ccccc12. The molecule has 0 aromatic heterocycles. The number of nitro groups is 1. The lowest BCUT2D eigenvalue weighted by atomic mass is 10.1. The van der Waals surface area contributed by atoms with Gasteiger partial charge in [-0.1, -0.05) is 36.4 Å². The van der Waals surface area contributed by atoms with Gasteiger partial charge < -0.3 is 9.84 Å². The Kier molecular flexibility index (Phi) is 5.59. The largest absolute Gasteiger partial charge is 0.507 e. The van der Waals surface area contributed by atoms with Gasteiger partial charge in [0.2, 0.25) is 0 Å². The smallest absolute Gasteiger partial charge is 0.293 e. The average Bonchev–Trinajstić information content (AvgIpc) is 3.02. The van der Waals surface area contributed by atoms with Gasteiger partial charge in [-0.2, -0.15) is 0 Å². The molecule has 1 aliphatic rings. The standard InChI is InChI=1S/C22H16N2O6S/c25-18-9-8-16(24(28)29)12-15(18)13-20-21(26)23(22(27)31-20)10-11-30-19-7-3-5-14-4-1-2-6-17(14)19/h1-9,12-13,25H,10-11H2/b20-13-. The van der Waals surface area contributed by atoms with Crippen LogP contribution in [0.25, 0.3) is 16.8 Å². The fraction of sp³-hybridized carbons (Fsp3) is 0.0909. The third-order valence-electron chi connectivity index (χ3n) is 4.70. The van der Waals surface area contributed by atoms with Crippen LogP contribution in [0.3, 0.4) is 0 Å². The number of amides is 2. The third kappa shape index (κ3) is 4.22. The lowest BCUT2D eigenvalue weighted by Crippen LogP contribution is -2.32. The van der Waals surface area contributed by atoms with Crippen molar-refractivity contribution < 1.29 is 24.4 Å². The van der Waals surface area contributed by atoms with Crippen LogP contribution >= 0.6 is 11.8 Å². The number of non-ortho nitro benzene ring substituents is 1. The fourth-order valence-electron chi connectivity index (χ4n) is 3.17. The number of carbonyl (C=O) groups excluding carboxylic acids is 2. The number of thioether (sulfide) groups is 1. The maximum Gasteiger partial charge on any atom is 0.293 e. The van der Waals surface area contributed by atoms with Crippen molar-refractivity contribution in [1.29, 1.82) is 0 Å². The molecule has 3 aromatic carbocycles. The maximum absolute atomic E-state index is 12.7. The molecule has 1 aliphatic heterocycles. The van der Waals surface area contributed by atoms with Crippen molar-refractivity contribution in [3.8, 4) is 11.5 Å². The predicted octanol–water partition coefficient (Wildman–Crippen LogP) is 4.57. The van der Waals surface area contributed by atoms with Crippen molar-refractivity contribution in [1.82, 2.24) is 4.90 Å². The molecule has 0 unspecified atom stereocenters. The lowest BCUT2D eigenvalue weighted by Gasteiger charge is -2.14. The first-order chi connectivity index (χ1) is 14.9. The molecule has 0 saturated carbocycles. The number of benzene rings is 3. The van der Waals surface area contributed by atoms with E-state index in [1.54, 1.807) is 0 Å². The number of nitro benzene ring substituents is 1. The van der Waals surface area contributed by atoms with Gasteiger partial charge in [0.1, 0.15) is 18.1 Å². The molecule has 9 heteroatoms. The fourth-order valence-corrected chi connectivity index (χ4v) is 4.03. The van der Waals surface area contributed by atoms with Crippen molar-refractivity contribution in [3.63, 3.8) is 0 Å².